The van der Waals surface area contributed by atoms with Gasteiger partial charge in [0.1, 0.15) is 0 Å². The predicted molar refractivity (Wildman–Crippen MR) is 82.9 cm³/mol. The monoisotopic (exact) mass is 264 g/mol. The second kappa shape index (κ2) is 8.18. The fourth-order valence-electron chi connectivity index (χ4n) is 2.07. The average Bonchev–Trinajstić information content (AvgIpc) is 2.35. The van der Waals surface area contributed by atoms with E-state index in [1.54, 1.807) is 0 Å². The number of rotatable bonds is 8. The van der Waals surface area contributed by atoms with Gasteiger partial charge in [0.2, 0.25) is 0 Å². The van der Waals surface area contributed by atoms with Gasteiger partial charge >= 0.3 is 0 Å². The molecule has 0 amide bonds. The molecule has 0 bridgehead atoms. The molecule has 0 heterocycles. The average molecular weight is 264 g/mol. The standard InChI is InChI=1S/C16H28N2O/c1-6-17-12-15-7-8-16(14(4)11-15)18(5)9-10-19-13(2)3/h7-8,11,13,17H,6,9-10,12H2,1-5H3. The lowest BCUT2D eigenvalue weighted by Gasteiger charge is -2.22. The summed E-state index contributed by atoms with van der Waals surface area (Å²) in [7, 11) is 2.12. The second-order valence-corrected chi connectivity index (χ2v) is 5.24. The van der Waals surface area contributed by atoms with Gasteiger partial charge in [-0.3, -0.25) is 0 Å². The van der Waals surface area contributed by atoms with Crippen LogP contribution >= 0.6 is 0 Å². The van der Waals surface area contributed by atoms with Crippen LogP contribution in [0.1, 0.15) is 31.9 Å². The van der Waals surface area contributed by atoms with E-state index in [9.17, 15) is 0 Å². The lowest BCUT2D eigenvalue weighted by Crippen LogP contribution is -2.24. The number of nitrogens with one attached hydrogen (secondary N) is 1. The first-order chi connectivity index (χ1) is 9.04. The third-order valence-electron chi connectivity index (χ3n) is 3.13. The van der Waals surface area contributed by atoms with Crippen molar-refractivity contribution in [2.24, 2.45) is 0 Å². The van der Waals surface area contributed by atoms with E-state index in [0.717, 1.165) is 26.2 Å². The zero-order chi connectivity index (χ0) is 14.3. The molecule has 0 saturated carbocycles. The van der Waals surface area contributed by atoms with Crippen LogP contribution in [0.3, 0.4) is 0 Å². The van der Waals surface area contributed by atoms with Crippen molar-refractivity contribution in [3.63, 3.8) is 0 Å². The van der Waals surface area contributed by atoms with E-state index < -0.39 is 0 Å². The highest BCUT2D eigenvalue weighted by Gasteiger charge is 2.06. The fourth-order valence-corrected chi connectivity index (χ4v) is 2.07. The van der Waals surface area contributed by atoms with E-state index in [-0.39, 0.29) is 0 Å². The Hall–Kier alpha value is -1.06. The Morgan fingerprint density at radius 3 is 2.63 bits per heavy atom. The molecule has 108 valence electrons. The van der Waals surface area contributed by atoms with E-state index in [2.05, 4.69) is 63.2 Å². The minimum atomic E-state index is 0.303. The number of anilines is 1. The molecule has 0 unspecified atom stereocenters. The van der Waals surface area contributed by atoms with Crippen LogP contribution in [-0.4, -0.2) is 32.8 Å². The third-order valence-corrected chi connectivity index (χ3v) is 3.13. The molecular formula is C16H28N2O. The highest BCUT2D eigenvalue weighted by atomic mass is 16.5. The normalized spacial score (nSPS) is 11.1. The molecule has 0 aliphatic rings. The molecule has 0 aliphatic carbocycles. The minimum Gasteiger partial charge on any atom is -0.377 e. The summed E-state index contributed by atoms with van der Waals surface area (Å²) in [6.45, 7) is 12.1. The summed E-state index contributed by atoms with van der Waals surface area (Å²) >= 11 is 0. The Labute approximate surface area is 118 Å². The number of likely N-dealkylation sites (N-methyl/N-ethyl adjacent to an activating group) is 1. The Balaban J connectivity index is 2.57. The maximum absolute atomic E-state index is 5.60. The van der Waals surface area contributed by atoms with E-state index in [0.29, 0.717) is 6.10 Å². The molecule has 0 radical (unpaired) electrons. The van der Waals surface area contributed by atoms with Crippen molar-refractivity contribution >= 4 is 5.69 Å². The van der Waals surface area contributed by atoms with Crippen molar-refractivity contribution in [3.05, 3.63) is 29.3 Å². The summed E-state index contributed by atoms with van der Waals surface area (Å²) in [5, 5.41) is 3.35. The first kappa shape index (κ1) is 16.0. The van der Waals surface area contributed by atoms with Gasteiger partial charge in [-0.05, 0) is 44.5 Å². The van der Waals surface area contributed by atoms with Crippen LogP contribution in [0.15, 0.2) is 18.2 Å². The second-order valence-electron chi connectivity index (χ2n) is 5.24. The van der Waals surface area contributed by atoms with Crippen LogP contribution < -0.4 is 10.2 Å². The molecule has 0 saturated heterocycles. The highest BCUT2D eigenvalue weighted by Crippen LogP contribution is 2.20. The van der Waals surface area contributed by atoms with Crippen LogP contribution in [0, 0.1) is 6.92 Å². The van der Waals surface area contributed by atoms with Gasteiger partial charge < -0.3 is 15.0 Å². The lowest BCUT2D eigenvalue weighted by atomic mass is 10.1. The highest BCUT2D eigenvalue weighted by molar-refractivity contribution is 5.53. The van der Waals surface area contributed by atoms with E-state index in [1.807, 2.05) is 0 Å². The van der Waals surface area contributed by atoms with Gasteiger partial charge in [-0.15, -0.1) is 0 Å². The molecule has 0 fully saturated rings. The van der Waals surface area contributed by atoms with Crippen LogP contribution in [-0.2, 0) is 11.3 Å². The van der Waals surface area contributed by atoms with Crippen LogP contribution in [0.4, 0.5) is 5.69 Å². The molecule has 0 aromatic heterocycles. The largest absolute Gasteiger partial charge is 0.377 e. The van der Waals surface area contributed by atoms with E-state index in [4.69, 9.17) is 4.74 Å². The van der Waals surface area contributed by atoms with Crippen molar-refractivity contribution in [2.45, 2.75) is 40.3 Å². The molecule has 1 rings (SSSR count). The molecule has 3 heteroatoms. The first-order valence-corrected chi connectivity index (χ1v) is 7.17. The molecule has 1 aromatic rings. The van der Waals surface area contributed by atoms with Crippen molar-refractivity contribution in [1.82, 2.24) is 5.32 Å². The summed E-state index contributed by atoms with van der Waals surface area (Å²) in [5.41, 5.74) is 3.95. The van der Waals surface area contributed by atoms with Crippen molar-refractivity contribution < 1.29 is 4.74 Å². The van der Waals surface area contributed by atoms with Gasteiger partial charge in [0.05, 0.1) is 12.7 Å². The van der Waals surface area contributed by atoms with Gasteiger partial charge in [0.15, 0.2) is 0 Å². The van der Waals surface area contributed by atoms with Crippen LogP contribution in [0.25, 0.3) is 0 Å². The van der Waals surface area contributed by atoms with Gasteiger partial charge in [0.25, 0.3) is 0 Å². The molecule has 1 aromatic carbocycles. The first-order valence-electron chi connectivity index (χ1n) is 7.17. The summed E-state index contributed by atoms with van der Waals surface area (Å²) in [5.74, 6) is 0. The topological polar surface area (TPSA) is 24.5 Å². The smallest absolute Gasteiger partial charge is 0.0644 e. The summed E-state index contributed by atoms with van der Waals surface area (Å²) in [4.78, 5) is 2.26. The molecule has 1 N–H and O–H groups in total. The number of aryl methyl sites for hydroxylation is 1. The molecular weight excluding hydrogens is 236 g/mol. The van der Waals surface area contributed by atoms with Gasteiger partial charge in [-0.1, -0.05) is 19.1 Å². The van der Waals surface area contributed by atoms with Crippen LogP contribution in [0.2, 0.25) is 0 Å². The predicted octanol–water partition coefficient (Wildman–Crippen LogP) is 2.97. The number of nitrogens with zero attached hydrogens (tertiary/aromatic N) is 1. The van der Waals surface area contributed by atoms with Gasteiger partial charge in [-0.25, -0.2) is 0 Å². The fraction of sp³-hybridized carbons (Fsp3) is 0.625. The maximum Gasteiger partial charge on any atom is 0.0644 e. The Morgan fingerprint density at radius 1 is 1.32 bits per heavy atom. The van der Waals surface area contributed by atoms with Crippen molar-refractivity contribution in [2.75, 3.05) is 31.6 Å². The number of hydrogen-bond acceptors (Lipinski definition) is 3. The molecule has 19 heavy (non-hydrogen) atoms. The van der Waals surface area contributed by atoms with Gasteiger partial charge in [-0.2, -0.15) is 0 Å². The summed E-state index contributed by atoms with van der Waals surface area (Å²) in [6.07, 6.45) is 0.303. The maximum atomic E-state index is 5.60. The molecule has 3 nitrogen and oxygen atoms in total. The zero-order valence-corrected chi connectivity index (χ0v) is 13.0. The van der Waals surface area contributed by atoms with Gasteiger partial charge in [0, 0.05) is 25.8 Å². The SMILES string of the molecule is CCNCc1ccc(N(C)CCOC(C)C)c(C)c1. The Kier molecular flexibility index (Phi) is 6.89. The lowest BCUT2D eigenvalue weighted by molar-refractivity contribution is 0.0846. The number of ether oxygens (including phenoxy) is 1. The quantitative estimate of drug-likeness (QED) is 0.781. The molecule has 0 spiro atoms. The summed E-state index contributed by atoms with van der Waals surface area (Å²) < 4.78 is 5.60. The number of benzene rings is 1. The minimum absolute atomic E-state index is 0.303. The van der Waals surface area contributed by atoms with Crippen molar-refractivity contribution in [1.29, 1.82) is 0 Å². The van der Waals surface area contributed by atoms with Crippen LogP contribution in [0.5, 0.6) is 0 Å². The van der Waals surface area contributed by atoms with E-state index >= 15 is 0 Å². The Bertz CT molecular complexity index is 377. The zero-order valence-electron chi connectivity index (χ0n) is 13.0. The summed E-state index contributed by atoms with van der Waals surface area (Å²) in [6, 6.07) is 6.67. The molecule has 0 aliphatic heterocycles. The third kappa shape index (κ3) is 5.62. The Morgan fingerprint density at radius 2 is 2.05 bits per heavy atom. The molecule has 0 atom stereocenters. The van der Waals surface area contributed by atoms with E-state index in [1.165, 1.54) is 16.8 Å². The van der Waals surface area contributed by atoms with Crippen molar-refractivity contribution in [3.8, 4) is 0 Å². The number of hydrogen-bond donors (Lipinski definition) is 1.